The largest absolute Gasteiger partial charge is 0.464 e. The molecule has 2 bridgehead atoms. The maximum atomic E-state index is 13.4. The van der Waals surface area contributed by atoms with Gasteiger partial charge < -0.3 is 4.74 Å². The lowest BCUT2D eigenvalue weighted by atomic mass is 9.49. The zero-order chi connectivity index (χ0) is 11.9. The molecule has 0 aromatic rings. The fourth-order valence-electron chi connectivity index (χ4n) is 2.86. The number of allylic oxidation sites excluding steroid dienone is 3. The number of carbonyl (C=O) groups excluding carboxylic acids is 1. The lowest BCUT2D eigenvalue weighted by molar-refractivity contribution is -0.137. The van der Waals surface area contributed by atoms with Crippen LogP contribution in [0.15, 0.2) is 23.6 Å². The van der Waals surface area contributed by atoms with Crippen LogP contribution in [-0.4, -0.2) is 13.1 Å². The van der Waals surface area contributed by atoms with Crippen molar-refractivity contribution in [2.75, 3.05) is 7.11 Å². The van der Waals surface area contributed by atoms with Gasteiger partial charge in [-0.15, -0.1) is 0 Å². The normalized spacial score (nSPS) is 31.5. The SMILES string of the molecule is COC(=O)/C(F)=C\C1=CCC2CC1C2(C)C. The number of carbonyl (C=O) groups is 1. The molecule has 1 fully saturated rings. The van der Waals surface area contributed by atoms with Crippen LogP contribution in [-0.2, 0) is 9.53 Å². The molecule has 88 valence electrons. The zero-order valence-electron chi connectivity index (χ0n) is 9.92. The molecule has 0 aromatic carbocycles. The highest BCUT2D eigenvalue weighted by Crippen LogP contribution is 2.59. The first-order valence-electron chi connectivity index (χ1n) is 5.62. The van der Waals surface area contributed by atoms with E-state index < -0.39 is 11.8 Å². The van der Waals surface area contributed by atoms with Crippen molar-refractivity contribution in [1.82, 2.24) is 0 Å². The van der Waals surface area contributed by atoms with Crippen LogP contribution in [0.25, 0.3) is 0 Å². The smallest absolute Gasteiger partial charge is 0.366 e. The second-order valence-corrected chi connectivity index (χ2v) is 5.23. The van der Waals surface area contributed by atoms with Crippen molar-refractivity contribution in [3.8, 4) is 0 Å². The Kier molecular flexibility index (Phi) is 2.64. The van der Waals surface area contributed by atoms with Gasteiger partial charge in [0, 0.05) is 0 Å². The quantitative estimate of drug-likeness (QED) is 0.532. The van der Waals surface area contributed by atoms with Gasteiger partial charge in [-0.1, -0.05) is 19.9 Å². The fourth-order valence-corrected chi connectivity index (χ4v) is 2.86. The Morgan fingerprint density at radius 2 is 2.31 bits per heavy atom. The summed E-state index contributed by atoms with van der Waals surface area (Å²) in [6.45, 7) is 4.42. The van der Waals surface area contributed by atoms with Crippen molar-refractivity contribution in [3.63, 3.8) is 0 Å². The van der Waals surface area contributed by atoms with Crippen molar-refractivity contribution < 1.29 is 13.9 Å². The minimum Gasteiger partial charge on any atom is -0.464 e. The molecule has 16 heavy (non-hydrogen) atoms. The number of ether oxygens (including phenoxy) is 1. The molecule has 0 aromatic heterocycles. The van der Waals surface area contributed by atoms with Gasteiger partial charge in [0.1, 0.15) is 0 Å². The van der Waals surface area contributed by atoms with Crippen molar-refractivity contribution in [1.29, 1.82) is 0 Å². The van der Waals surface area contributed by atoms with Gasteiger partial charge in [0.15, 0.2) is 0 Å². The number of esters is 1. The van der Waals surface area contributed by atoms with E-state index in [9.17, 15) is 9.18 Å². The fraction of sp³-hybridized carbons (Fsp3) is 0.615. The molecule has 3 heteroatoms. The Bertz CT molecular complexity index is 379. The maximum absolute atomic E-state index is 13.4. The highest BCUT2D eigenvalue weighted by atomic mass is 19.1. The van der Waals surface area contributed by atoms with Crippen LogP contribution in [0.2, 0.25) is 0 Å². The van der Waals surface area contributed by atoms with E-state index >= 15 is 0 Å². The number of fused-ring (bicyclic) bond motifs is 1. The predicted octanol–water partition coefficient (Wildman–Crippen LogP) is 3.01. The summed E-state index contributed by atoms with van der Waals surface area (Å²) >= 11 is 0. The van der Waals surface area contributed by atoms with Crippen molar-refractivity contribution in [2.24, 2.45) is 17.3 Å². The van der Waals surface area contributed by atoms with E-state index in [2.05, 4.69) is 18.6 Å². The number of halogens is 1. The first-order chi connectivity index (χ1) is 7.46. The number of rotatable bonds is 2. The molecule has 0 N–H and O–H groups in total. The zero-order valence-corrected chi connectivity index (χ0v) is 9.92. The second kappa shape index (κ2) is 3.72. The molecule has 0 saturated heterocycles. The summed E-state index contributed by atoms with van der Waals surface area (Å²) in [5.74, 6) is -0.576. The van der Waals surface area contributed by atoms with Crippen LogP contribution in [0.1, 0.15) is 26.7 Å². The van der Waals surface area contributed by atoms with Gasteiger partial charge in [0.25, 0.3) is 0 Å². The van der Waals surface area contributed by atoms with Crippen LogP contribution in [0, 0.1) is 17.3 Å². The maximum Gasteiger partial charge on any atom is 0.366 e. The third kappa shape index (κ3) is 1.58. The molecule has 0 heterocycles. The van der Waals surface area contributed by atoms with Gasteiger partial charge in [0.2, 0.25) is 5.83 Å². The average Bonchev–Trinajstić information content (AvgIpc) is 2.27. The van der Waals surface area contributed by atoms with Crippen LogP contribution in [0.3, 0.4) is 0 Å². The van der Waals surface area contributed by atoms with Gasteiger partial charge in [-0.3, -0.25) is 0 Å². The Hall–Kier alpha value is -1.12. The Balaban J connectivity index is 2.18. The molecule has 0 radical (unpaired) electrons. The van der Waals surface area contributed by atoms with Crippen molar-refractivity contribution >= 4 is 5.97 Å². The van der Waals surface area contributed by atoms with Gasteiger partial charge in [-0.25, -0.2) is 4.79 Å². The van der Waals surface area contributed by atoms with E-state index in [-0.39, 0.29) is 5.41 Å². The standard InChI is InChI=1S/C13H17FO2/c1-13(2)9-5-4-8(10(13)7-9)6-11(14)12(15)16-3/h4,6,9-10H,5,7H2,1-3H3/b11-6+. The van der Waals surface area contributed by atoms with Crippen LogP contribution in [0.5, 0.6) is 0 Å². The molecule has 0 spiro atoms. The summed E-state index contributed by atoms with van der Waals surface area (Å²) in [7, 11) is 1.19. The van der Waals surface area contributed by atoms with E-state index in [0.717, 1.165) is 24.3 Å². The third-order valence-electron chi connectivity index (χ3n) is 4.18. The Morgan fingerprint density at radius 3 is 2.81 bits per heavy atom. The van der Waals surface area contributed by atoms with Crippen molar-refractivity contribution in [2.45, 2.75) is 26.7 Å². The van der Waals surface area contributed by atoms with E-state index in [1.165, 1.54) is 13.2 Å². The molecule has 3 aliphatic carbocycles. The van der Waals surface area contributed by atoms with Crippen LogP contribution in [0.4, 0.5) is 4.39 Å². The van der Waals surface area contributed by atoms with Crippen molar-refractivity contribution in [3.05, 3.63) is 23.6 Å². The molecule has 3 rings (SSSR count). The predicted molar refractivity (Wildman–Crippen MR) is 59.3 cm³/mol. The summed E-state index contributed by atoms with van der Waals surface area (Å²) in [5, 5.41) is 0. The monoisotopic (exact) mass is 224 g/mol. The number of hydrogen-bond donors (Lipinski definition) is 0. The van der Waals surface area contributed by atoms with E-state index in [1.807, 2.05) is 6.08 Å². The molecular weight excluding hydrogens is 207 g/mol. The van der Waals surface area contributed by atoms with Gasteiger partial charge in [-0.05, 0) is 41.7 Å². The molecule has 0 amide bonds. The summed E-state index contributed by atoms with van der Waals surface area (Å²) in [6.07, 6.45) is 5.49. The molecule has 0 aliphatic heterocycles. The summed E-state index contributed by atoms with van der Waals surface area (Å²) in [6, 6.07) is 0. The minimum atomic E-state index is -0.889. The minimum absolute atomic E-state index is 0.247. The van der Waals surface area contributed by atoms with Gasteiger partial charge in [-0.2, -0.15) is 4.39 Å². The summed E-state index contributed by atoms with van der Waals surface area (Å²) in [5.41, 5.74) is 1.20. The molecular formula is C13H17FO2. The Morgan fingerprint density at radius 1 is 1.62 bits per heavy atom. The average molecular weight is 224 g/mol. The lowest BCUT2D eigenvalue weighted by Crippen LogP contribution is -2.47. The van der Waals surface area contributed by atoms with E-state index in [1.54, 1.807) is 0 Å². The number of methoxy groups -OCH3 is 1. The van der Waals surface area contributed by atoms with Gasteiger partial charge >= 0.3 is 5.97 Å². The van der Waals surface area contributed by atoms with Crippen LogP contribution < -0.4 is 0 Å². The Labute approximate surface area is 95.2 Å². The topological polar surface area (TPSA) is 26.3 Å². The van der Waals surface area contributed by atoms with Crippen LogP contribution >= 0.6 is 0 Å². The molecule has 2 nitrogen and oxygen atoms in total. The first-order valence-corrected chi connectivity index (χ1v) is 5.62. The number of hydrogen-bond acceptors (Lipinski definition) is 2. The molecule has 2 atom stereocenters. The molecule has 3 aliphatic rings. The highest BCUT2D eigenvalue weighted by molar-refractivity contribution is 5.86. The lowest BCUT2D eigenvalue weighted by Gasteiger charge is -2.56. The summed E-state index contributed by atoms with van der Waals surface area (Å²) < 4.78 is 17.7. The van der Waals surface area contributed by atoms with E-state index in [4.69, 9.17) is 0 Å². The highest BCUT2D eigenvalue weighted by Gasteiger charge is 2.50. The molecule has 1 saturated carbocycles. The summed E-state index contributed by atoms with van der Waals surface area (Å²) in [4.78, 5) is 11.0. The first kappa shape index (κ1) is 11.4. The molecule has 2 unspecified atom stereocenters. The third-order valence-corrected chi connectivity index (χ3v) is 4.18. The van der Waals surface area contributed by atoms with Gasteiger partial charge in [0.05, 0.1) is 7.11 Å². The second-order valence-electron chi connectivity index (χ2n) is 5.23. The van der Waals surface area contributed by atoms with E-state index in [0.29, 0.717) is 5.92 Å².